The predicted molar refractivity (Wildman–Crippen MR) is 111 cm³/mol. The van der Waals surface area contributed by atoms with E-state index in [4.69, 9.17) is 5.73 Å². The lowest BCUT2D eigenvalue weighted by Crippen LogP contribution is -2.39. The lowest BCUT2D eigenvalue weighted by Gasteiger charge is -2.23. The lowest BCUT2D eigenvalue weighted by molar-refractivity contribution is 0.0755. The summed E-state index contributed by atoms with van der Waals surface area (Å²) in [6.45, 7) is 5.09. The highest BCUT2D eigenvalue weighted by Gasteiger charge is 2.22. The number of nitrogens with zero attached hydrogens (tertiary/aromatic N) is 3. The summed E-state index contributed by atoms with van der Waals surface area (Å²) in [5, 5.41) is 5.51. The van der Waals surface area contributed by atoms with Crippen molar-refractivity contribution in [1.29, 1.82) is 0 Å². The van der Waals surface area contributed by atoms with Crippen molar-refractivity contribution in [3.05, 3.63) is 76.2 Å². The van der Waals surface area contributed by atoms with Crippen LogP contribution in [0.15, 0.2) is 59.4 Å². The highest BCUT2D eigenvalue weighted by atomic mass is 16.2. The van der Waals surface area contributed by atoms with Gasteiger partial charge in [-0.15, -0.1) is 0 Å². The van der Waals surface area contributed by atoms with E-state index < -0.39 is 0 Å². The summed E-state index contributed by atoms with van der Waals surface area (Å²) in [5.74, 6) is -0.202. The smallest absolute Gasteiger partial charge is 0.275 e. The van der Waals surface area contributed by atoms with Crippen molar-refractivity contribution < 1.29 is 4.79 Å². The van der Waals surface area contributed by atoms with E-state index in [9.17, 15) is 9.59 Å². The van der Waals surface area contributed by atoms with E-state index in [1.54, 1.807) is 23.1 Å². The van der Waals surface area contributed by atoms with Crippen LogP contribution in [0.2, 0.25) is 0 Å². The van der Waals surface area contributed by atoms with Gasteiger partial charge in [-0.1, -0.05) is 48.5 Å². The van der Waals surface area contributed by atoms with E-state index in [-0.39, 0.29) is 17.5 Å². The van der Waals surface area contributed by atoms with Crippen LogP contribution >= 0.6 is 0 Å². The van der Waals surface area contributed by atoms with Crippen LogP contribution in [0.5, 0.6) is 0 Å². The lowest BCUT2D eigenvalue weighted by atomic mass is 10.1. The molecule has 0 radical (unpaired) electrons. The van der Waals surface area contributed by atoms with Gasteiger partial charge in [-0.3, -0.25) is 9.59 Å². The standard InChI is InChI=1S/C22H26N4O2/c1-16(2)26-21(27)19-11-7-6-10-18(19)20(24-26)22(28)25(15-13-23)14-12-17-8-4-3-5-9-17/h3-11,16H,12-15,23H2,1-2H3. The molecule has 6 nitrogen and oxygen atoms in total. The summed E-state index contributed by atoms with van der Waals surface area (Å²) < 4.78 is 1.38. The second-order valence-corrected chi connectivity index (χ2v) is 7.05. The number of nitrogens with two attached hydrogens (primary N) is 1. The zero-order chi connectivity index (χ0) is 20.1. The van der Waals surface area contributed by atoms with Gasteiger partial charge >= 0.3 is 0 Å². The number of aromatic nitrogens is 2. The molecule has 0 bridgehead atoms. The third-order valence-electron chi connectivity index (χ3n) is 4.72. The van der Waals surface area contributed by atoms with Crippen LogP contribution in [0.3, 0.4) is 0 Å². The van der Waals surface area contributed by atoms with E-state index in [0.29, 0.717) is 36.1 Å². The Morgan fingerprint density at radius 3 is 2.32 bits per heavy atom. The van der Waals surface area contributed by atoms with Crippen molar-refractivity contribution in [1.82, 2.24) is 14.7 Å². The van der Waals surface area contributed by atoms with Crippen molar-refractivity contribution in [2.75, 3.05) is 19.6 Å². The molecule has 3 rings (SSSR count). The van der Waals surface area contributed by atoms with Crippen LogP contribution in [-0.2, 0) is 6.42 Å². The van der Waals surface area contributed by atoms with Crippen molar-refractivity contribution >= 4 is 16.7 Å². The number of benzene rings is 2. The van der Waals surface area contributed by atoms with E-state index in [1.165, 1.54) is 4.68 Å². The maximum absolute atomic E-state index is 13.3. The van der Waals surface area contributed by atoms with Crippen LogP contribution in [0.25, 0.3) is 10.8 Å². The van der Waals surface area contributed by atoms with Crippen molar-refractivity contribution in [2.45, 2.75) is 26.3 Å². The Bertz CT molecular complexity index is 1010. The molecule has 3 aromatic rings. The summed E-state index contributed by atoms with van der Waals surface area (Å²) in [6.07, 6.45) is 0.730. The first-order valence-corrected chi connectivity index (χ1v) is 9.57. The Labute approximate surface area is 164 Å². The first-order chi connectivity index (χ1) is 13.5. The Kier molecular flexibility index (Phi) is 6.21. The third kappa shape index (κ3) is 4.12. The monoisotopic (exact) mass is 378 g/mol. The molecular weight excluding hydrogens is 352 g/mol. The van der Waals surface area contributed by atoms with Gasteiger partial charge in [0.1, 0.15) is 0 Å². The van der Waals surface area contributed by atoms with E-state index in [1.807, 2.05) is 50.2 Å². The number of carbonyl (C=O) groups excluding carboxylic acids is 1. The summed E-state index contributed by atoms with van der Waals surface area (Å²) >= 11 is 0. The summed E-state index contributed by atoms with van der Waals surface area (Å²) in [5.41, 5.74) is 7.03. The minimum Gasteiger partial charge on any atom is -0.336 e. The highest BCUT2D eigenvalue weighted by molar-refractivity contribution is 6.04. The third-order valence-corrected chi connectivity index (χ3v) is 4.72. The van der Waals surface area contributed by atoms with Crippen molar-refractivity contribution in [3.8, 4) is 0 Å². The fourth-order valence-corrected chi connectivity index (χ4v) is 3.24. The van der Waals surface area contributed by atoms with Crippen LogP contribution in [0, 0.1) is 0 Å². The number of rotatable bonds is 7. The number of hydrogen-bond acceptors (Lipinski definition) is 4. The molecule has 0 aliphatic rings. The van der Waals surface area contributed by atoms with E-state index in [2.05, 4.69) is 5.10 Å². The minimum absolute atomic E-state index is 0.143. The van der Waals surface area contributed by atoms with Gasteiger partial charge in [0.2, 0.25) is 0 Å². The molecule has 0 aliphatic heterocycles. The second-order valence-electron chi connectivity index (χ2n) is 7.05. The van der Waals surface area contributed by atoms with Gasteiger partial charge in [-0.2, -0.15) is 5.10 Å². The summed E-state index contributed by atoms with van der Waals surface area (Å²) in [7, 11) is 0. The van der Waals surface area contributed by atoms with Crippen LogP contribution in [0.1, 0.15) is 35.9 Å². The summed E-state index contributed by atoms with van der Waals surface area (Å²) in [4.78, 5) is 27.8. The van der Waals surface area contributed by atoms with E-state index >= 15 is 0 Å². The Morgan fingerprint density at radius 2 is 1.68 bits per heavy atom. The predicted octanol–water partition coefficient (Wildman–Crippen LogP) is 2.62. The largest absolute Gasteiger partial charge is 0.336 e. The fraction of sp³-hybridized carbons (Fsp3) is 0.318. The van der Waals surface area contributed by atoms with Gasteiger partial charge in [-0.25, -0.2) is 4.68 Å². The molecular formula is C22H26N4O2. The Hall–Kier alpha value is -2.99. The first kappa shape index (κ1) is 19.8. The molecule has 146 valence electrons. The van der Waals surface area contributed by atoms with Crippen molar-refractivity contribution in [3.63, 3.8) is 0 Å². The normalized spacial score (nSPS) is 11.1. The van der Waals surface area contributed by atoms with Crippen LogP contribution in [-0.4, -0.2) is 40.2 Å². The topological polar surface area (TPSA) is 81.2 Å². The second kappa shape index (κ2) is 8.80. The number of carbonyl (C=O) groups is 1. The average molecular weight is 378 g/mol. The van der Waals surface area contributed by atoms with Gasteiger partial charge in [0.15, 0.2) is 5.69 Å². The van der Waals surface area contributed by atoms with Crippen LogP contribution < -0.4 is 11.3 Å². The minimum atomic E-state index is -0.202. The molecule has 0 unspecified atom stereocenters. The molecule has 0 saturated carbocycles. The SMILES string of the molecule is CC(C)n1nc(C(=O)N(CCN)CCc2ccccc2)c2ccccc2c1=O. The number of fused-ring (bicyclic) bond motifs is 1. The van der Waals surface area contributed by atoms with Gasteiger partial charge in [-0.05, 0) is 31.9 Å². The quantitative estimate of drug-likeness (QED) is 0.685. The van der Waals surface area contributed by atoms with Gasteiger partial charge in [0.25, 0.3) is 11.5 Å². The number of hydrogen-bond donors (Lipinski definition) is 1. The zero-order valence-electron chi connectivity index (χ0n) is 16.3. The molecule has 2 N–H and O–H groups in total. The van der Waals surface area contributed by atoms with Gasteiger partial charge < -0.3 is 10.6 Å². The van der Waals surface area contributed by atoms with E-state index in [0.717, 1.165) is 12.0 Å². The molecule has 1 aromatic heterocycles. The Morgan fingerprint density at radius 1 is 1.04 bits per heavy atom. The molecule has 2 aromatic carbocycles. The molecule has 1 amide bonds. The maximum atomic E-state index is 13.3. The molecule has 0 atom stereocenters. The molecule has 6 heteroatoms. The zero-order valence-corrected chi connectivity index (χ0v) is 16.3. The van der Waals surface area contributed by atoms with Crippen molar-refractivity contribution in [2.24, 2.45) is 5.73 Å². The fourth-order valence-electron chi connectivity index (χ4n) is 3.24. The summed E-state index contributed by atoms with van der Waals surface area (Å²) in [6, 6.07) is 17.0. The highest BCUT2D eigenvalue weighted by Crippen LogP contribution is 2.17. The molecule has 1 heterocycles. The van der Waals surface area contributed by atoms with Crippen LogP contribution in [0.4, 0.5) is 0 Å². The molecule has 28 heavy (non-hydrogen) atoms. The molecule has 0 fully saturated rings. The molecule has 0 aliphatic carbocycles. The molecule has 0 spiro atoms. The number of amides is 1. The average Bonchev–Trinajstić information content (AvgIpc) is 2.71. The first-order valence-electron chi connectivity index (χ1n) is 9.57. The maximum Gasteiger partial charge on any atom is 0.275 e. The Balaban J connectivity index is 1.99. The molecule has 0 saturated heterocycles. The van der Waals surface area contributed by atoms with Gasteiger partial charge in [0.05, 0.1) is 11.4 Å². The van der Waals surface area contributed by atoms with Gasteiger partial charge in [0, 0.05) is 25.0 Å².